The van der Waals surface area contributed by atoms with Crippen LogP contribution in [0.15, 0.2) is 4.52 Å². The molecule has 2 rings (SSSR count). The van der Waals surface area contributed by atoms with Crippen LogP contribution in [0, 0.1) is 0 Å². The summed E-state index contributed by atoms with van der Waals surface area (Å²) in [5, 5.41) is 7.48. The molecule has 0 radical (unpaired) electrons. The largest absolute Gasteiger partial charge is 0.338 e. The highest BCUT2D eigenvalue weighted by molar-refractivity contribution is 5.00. The van der Waals surface area contributed by atoms with Gasteiger partial charge in [0.1, 0.15) is 0 Å². The van der Waals surface area contributed by atoms with Crippen LogP contribution in [0.4, 0.5) is 0 Å². The number of hydrogen-bond acceptors (Lipinski definition) is 5. The molecular weight excluding hydrogens is 240 g/mol. The predicted octanol–water partition coefficient (Wildman–Crippen LogP) is 1.94. The zero-order valence-corrected chi connectivity index (χ0v) is 12.8. The maximum absolute atomic E-state index is 5.35. The average Bonchev–Trinajstić information content (AvgIpc) is 2.81. The van der Waals surface area contributed by atoms with Crippen molar-refractivity contribution in [3.63, 3.8) is 0 Å². The smallest absolute Gasteiger partial charge is 0.240 e. The standard InChI is InChI=1S/C14H26N4O/c1-13(2,3)12-16-11(19-17-12)10-18-8-6-14(4,15-5)7-9-18/h15H,6-10H2,1-5H3. The van der Waals surface area contributed by atoms with E-state index in [1.165, 1.54) is 0 Å². The lowest BCUT2D eigenvalue weighted by molar-refractivity contribution is 0.133. The number of rotatable bonds is 3. The van der Waals surface area contributed by atoms with Gasteiger partial charge in [-0.25, -0.2) is 0 Å². The van der Waals surface area contributed by atoms with Crippen molar-refractivity contribution in [1.29, 1.82) is 0 Å². The van der Waals surface area contributed by atoms with Gasteiger partial charge in [0.15, 0.2) is 5.82 Å². The summed E-state index contributed by atoms with van der Waals surface area (Å²) in [6.07, 6.45) is 2.31. The summed E-state index contributed by atoms with van der Waals surface area (Å²) in [6, 6.07) is 0. The van der Waals surface area contributed by atoms with E-state index in [0.29, 0.717) is 0 Å². The van der Waals surface area contributed by atoms with E-state index in [4.69, 9.17) is 4.52 Å². The van der Waals surface area contributed by atoms with Gasteiger partial charge in [0.05, 0.1) is 6.54 Å². The molecule has 1 aliphatic heterocycles. The first-order chi connectivity index (χ1) is 8.82. The lowest BCUT2D eigenvalue weighted by Gasteiger charge is -2.38. The Morgan fingerprint density at radius 3 is 2.42 bits per heavy atom. The molecule has 2 heterocycles. The highest BCUT2D eigenvalue weighted by Crippen LogP contribution is 2.23. The minimum Gasteiger partial charge on any atom is -0.338 e. The van der Waals surface area contributed by atoms with Crippen LogP contribution in [-0.2, 0) is 12.0 Å². The molecule has 1 saturated heterocycles. The lowest BCUT2D eigenvalue weighted by atomic mass is 9.90. The number of aromatic nitrogens is 2. The van der Waals surface area contributed by atoms with Crippen LogP contribution in [0.25, 0.3) is 0 Å². The van der Waals surface area contributed by atoms with Gasteiger partial charge in [0.2, 0.25) is 5.89 Å². The van der Waals surface area contributed by atoms with Crippen LogP contribution in [0.1, 0.15) is 52.3 Å². The number of nitrogens with one attached hydrogen (secondary N) is 1. The van der Waals surface area contributed by atoms with Crippen molar-refractivity contribution in [2.75, 3.05) is 20.1 Å². The molecule has 5 heteroatoms. The normalized spacial score (nSPS) is 20.7. The molecule has 0 saturated carbocycles. The first-order valence-corrected chi connectivity index (χ1v) is 7.07. The summed E-state index contributed by atoms with van der Waals surface area (Å²) in [6.45, 7) is 11.5. The Kier molecular flexibility index (Phi) is 3.97. The van der Waals surface area contributed by atoms with Gasteiger partial charge in [-0.05, 0) is 26.8 Å². The van der Waals surface area contributed by atoms with Crippen LogP contribution < -0.4 is 5.32 Å². The summed E-state index contributed by atoms with van der Waals surface area (Å²) in [7, 11) is 2.04. The minimum atomic E-state index is -0.0473. The van der Waals surface area contributed by atoms with Crippen molar-refractivity contribution in [1.82, 2.24) is 20.4 Å². The summed E-state index contributed by atoms with van der Waals surface area (Å²) in [4.78, 5) is 6.88. The van der Waals surface area contributed by atoms with E-state index in [9.17, 15) is 0 Å². The first-order valence-electron chi connectivity index (χ1n) is 7.07. The number of nitrogens with zero attached hydrogens (tertiary/aromatic N) is 3. The Balaban J connectivity index is 1.91. The Hall–Kier alpha value is -0.940. The quantitative estimate of drug-likeness (QED) is 0.906. The number of hydrogen-bond donors (Lipinski definition) is 1. The van der Waals surface area contributed by atoms with Crippen molar-refractivity contribution in [2.45, 2.75) is 58.0 Å². The summed E-state index contributed by atoms with van der Waals surface area (Å²) in [5.74, 6) is 1.53. The maximum Gasteiger partial charge on any atom is 0.240 e. The van der Waals surface area contributed by atoms with Gasteiger partial charge < -0.3 is 9.84 Å². The van der Waals surface area contributed by atoms with Crippen LogP contribution in [-0.4, -0.2) is 40.7 Å². The first kappa shape index (κ1) is 14.5. The second kappa shape index (κ2) is 5.21. The maximum atomic E-state index is 5.35. The Morgan fingerprint density at radius 2 is 1.95 bits per heavy atom. The third-order valence-electron chi connectivity index (χ3n) is 4.06. The van der Waals surface area contributed by atoms with Crippen molar-refractivity contribution in [3.05, 3.63) is 11.7 Å². The van der Waals surface area contributed by atoms with E-state index in [1.54, 1.807) is 0 Å². The van der Waals surface area contributed by atoms with Gasteiger partial charge in [-0.15, -0.1) is 0 Å². The van der Waals surface area contributed by atoms with E-state index in [-0.39, 0.29) is 11.0 Å². The van der Waals surface area contributed by atoms with Crippen LogP contribution in [0.3, 0.4) is 0 Å². The highest BCUT2D eigenvalue weighted by Gasteiger charge is 2.29. The van der Waals surface area contributed by atoms with Crippen LogP contribution >= 0.6 is 0 Å². The van der Waals surface area contributed by atoms with Crippen molar-refractivity contribution in [2.24, 2.45) is 0 Å². The van der Waals surface area contributed by atoms with Crippen LogP contribution in [0.5, 0.6) is 0 Å². The fourth-order valence-corrected chi connectivity index (χ4v) is 2.27. The third kappa shape index (κ3) is 3.54. The van der Waals surface area contributed by atoms with Crippen molar-refractivity contribution in [3.8, 4) is 0 Å². The monoisotopic (exact) mass is 266 g/mol. The van der Waals surface area contributed by atoms with Crippen LogP contribution in [0.2, 0.25) is 0 Å². The summed E-state index contributed by atoms with van der Waals surface area (Å²) in [5.41, 5.74) is 0.232. The molecule has 1 aromatic heterocycles. The molecule has 1 aromatic rings. The van der Waals surface area contributed by atoms with Gasteiger partial charge in [-0.1, -0.05) is 25.9 Å². The number of likely N-dealkylation sites (tertiary alicyclic amines) is 1. The van der Waals surface area contributed by atoms with Crippen molar-refractivity contribution >= 4 is 0 Å². The molecule has 0 spiro atoms. The molecule has 19 heavy (non-hydrogen) atoms. The molecule has 0 aliphatic carbocycles. The fraction of sp³-hybridized carbons (Fsp3) is 0.857. The number of piperidine rings is 1. The van der Waals surface area contributed by atoms with E-state index < -0.39 is 0 Å². The zero-order chi connectivity index (χ0) is 14.1. The summed E-state index contributed by atoms with van der Waals surface area (Å²) < 4.78 is 5.35. The van der Waals surface area contributed by atoms with E-state index >= 15 is 0 Å². The molecule has 0 aromatic carbocycles. The fourth-order valence-electron chi connectivity index (χ4n) is 2.27. The molecule has 0 atom stereocenters. The molecule has 0 unspecified atom stereocenters. The molecule has 0 bridgehead atoms. The minimum absolute atomic E-state index is 0.0473. The van der Waals surface area contributed by atoms with Gasteiger partial charge in [-0.2, -0.15) is 4.98 Å². The average molecular weight is 266 g/mol. The molecule has 1 N–H and O–H groups in total. The van der Waals surface area contributed by atoms with Crippen molar-refractivity contribution < 1.29 is 4.52 Å². The Bertz CT molecular complexity index is 413. The molecule has 5 nitrogen and oxygen atoms in total. The molecular formula is C14H26N4O. The topological polar surface area (TPSA) is 54.2 Å². The Morgan fingerprint density at radius 1 is 1.32 bits per heavy atom. The molecule has 1 aliphatic rings. The predicted molar refractivity (Wildman–Crippen MR) is 75.0 cm³/mol. The molecule has 1 fully saturated rings. The highest BCUT2D eigenvalue weighted by atomic mass is 16.5. The van der Waals surface area contributed by atoms with Gasteiger partial charge in [-0.3, -0.25) is 4.90 Å². The Labute approximate surface area is 115 Å². The van der Waals surface area contributed by atoms with Gasteiger partial charge in [0.25, 0.3) is 0 Å². The van der Waals surface area contributed by atoms with E-state index in [0.717, 1.165) is 44.2 Å². The SMILES string of the molecule is CNC1(C)CCN(Cc2nc(C(C)(C)C)no2)CC1. The second-order valence-electron chi connectivity index (χ2n) is 6.85. The zero-order valence-electron chi connectivity index (χ0n) is 12.8. The molecule has 0 amide bonds. The molecule has 108 valence electrons. The van der Waals surface area contributed by atoms with Gasteiger partial charge in [0, 0.05) is 24.0 Å². The second-order valence-corrected chi connectivity index (χ2v) is 6.85. The lowest BCUT2D eigenvalue weighted by Crippen LogP contribution is -2.49. The third-order valence-corrected chi connectivity index (χ3v) is 4.06. The summed E-state index contributed by atoms with van der Waals surface area (Å²) >= 11 is 0. The van der Waals surface area contributed by atoms with Gasteiger partial charge >= 0.3 is 0 Å². The van der Waals surface area contributed by atoms with E-state index in [1.807, 2.05) is 7.05 Å². The van der Waals surface area contributed by atoms with E-state index in [2.05, 4.69) is 48.1 Å².